The largest absolute Gasteiger partial charge is 0.467 e. The normalized spacial score (nSPS) is 11.8. The van der Waals surface area contributed by atoms with Crippen LogP contribution in [0.25, 0.3) is 6.08 Å². The maximum absolute atomic E-state index is 12.1. The lowest BCUT2D eigenvalue weighted by Gasteiger charge is -2.16. The molecule has 1 N–H and O–H groups in total. The van der Waals surface area contributed by atoms with E-state index in [-0.39, 0.29) is 5.69 Å². The molecular weight excluding hydrogens is 404 g/mol. The Kier molecular flexibility index (Phi) is 6.62. The molecule has 134 valence electrons. The predicted molar refractivity (Wildman–Crippen MR) is 99.2 cm³/mol. The van der Waals surface area contributed by atoms with Crippen LogP contribution in [0.3, 0.4) is 0 Å². The third-order valence-electron chi connectivity index (χ3n) is 3.46. The highest BCUT2D eigenvalue weighted by molar-refractivity contribution is 9.10. The number of nitro benzene ring substituents is 1. The van der Waals surface area contributed by atoms with Crippen LogP contribution in [0.2, 0.25) is 0 Å². The number of esters is 1. The lowest BCUT2D eigenvalue weighted by Crippen LogP contribution is -2.33. The van der Waals surface area contributed by atoms with E-state index in [9.17, 15) is 19.7 Å². The van der Waals surface area contributed by atoms with E-state index in [1.807, 2.05) is 0 Å². The molecule has 2 rings (SSSR count). The van der Waals surface area contributed by atoms with Crippen molar-refractivity contribution in [2.75, 3.05) is 7.11 Å². The van der Waals surface area contributed by atoms with Gasteiger partial charge in [-0.15, -0.1) is 0 Å². The number of methoxy groups -OCH3 is 1. The van der Waals surface area contributed by atoms with Crippen molar-refractivity contribution in [3.63, 3.8) is 0 Å². The standard InChI is InChI=1S/C18H15BrN2O5/c1-26-18(23)17(13-5-7-14(19)8-6-13)20-16(22)11-4-12-2-9-15(10-3-12)21(24)25/h2-11,17H,1H3,(H,20,22). The molecule has 7 nitrogen and oxygen atoms in total. The molecule has 0 heterocycles. The number of rotatable bonds is 6. The van der Waals surface area contributed by atoms with Crippen molar-refractivity contribution < 1.29 is 19.2 Å². The van der Waals surface area contributed by atoms with Gasteiger partial charge in [0.25, 0.3) is 5.69 Å². The molecule has 0 aliphatic heterocycles. The molecular formula is C18H15BrN2O5. The van der Waals surface area contributed by atoms with E-state index in [4.69, 9.17) is 4.74 Å². The van der Waals surface area contributed by atoms with Crippen LogP contribution < -0.4 is 5.32 Å². The fourth-order valence-corrected chi connectivity index (χ4v) is 2.39. The number of carbonyl (C=O) groups is 2. The summed E-state index contributed by atoms with van der Waals surface area (Å²) < 4.78 is 5.58. The Morgan fingerprint density at radius 2 is 1.77 bits per heavy atom. The zero-order chi connectivity index (χ0) is 19.1. The van der Waals surface area contributed by atoms with Gasteiger partial charge >= 0.3 is 5.97 Å². The number of carbonyl (C=O) groups excluding carboxylic acids is 2. The number of nitrogens with zero attached hydrogens (tertiary/aromatic N) is 1. The molecule has 0 spiro atoms. The van der Waals surface area contributed by atoms with Gasteiger partial charge in [-0.05, 0) is 41.5 Å². The van der Waals surface area contributed by atoms with Gasteiger partial charge in [0.1, 0.15) is 0 Å². The highest BCUT2D eigenvalue weighted by Crippen LogP contribution is 2.18. The molecule has 1 atom stereocenters. The maximum atomic E-state index is 12.1. The van der Waals surface area contributed by atoms with Crippen molar-refractivity contribution in [3.8, 4) is 0 Å². The molecule has 0 bridgehead atoms. The first-order valence-electron chi connectivity index (χ1n) is 7.47. The van der Waals surface area contributed by atoms with E-state index in [0.717, 1.165) is 4.47 Å². The van der Waals surface area contributed by atoms with Crippen LogP contribution in [0.4, 0.5) is 5.69 Å². The first-order chi connectivity index (χ1) is 12.4. The van der Waals surface area contributed by atoms with Crippen LogP contribution in [0.15, 0.2) is 59.1 Å². The summed E-state index contributed by atoms with van der Waals surface area (Å²) in [5, 5.41) is 13.2. The quantitative estimate of drug-likeness (QED) is 0.335. The second-order valence-corrected chi connectivity index (χ2v) is 6.11. The Morgan fingerprint density at radius 3 is 2.31 bits per heavy atom. The second kappa shape index (κ2) is 8.91. The minimum atomic E-state index is -0.942. The lowest BCUT2D eigenvalue weighted by atomic mass is 10.1. The number of nitro groups is 1. The molecule has 0 aliphatic rings. The zero-order valence-corrected chi connectivity index (χ0v) is 15.3. The molecule has 0 saturated carbocycles. The summed E-state index contributed by atoms with van der Waals surface area (Å²) in [5.74, 6) is -1.09. The summed E-state index contributed by atoms with van der Waals surface area (Å²) in [6.07, 6.45) is 2.74. The molecule has 26 heavy (non-hydrogen) atoms. The molecule has 2 aromatic carbocycles. The SMILES string of the molecule is COC(=O)C(NC(=O)C=Cc1ccc([N+](=O)[O-])cc1)c1ccc(Br)cc1. The van der Waals surface area contributed by atoms with Crippen LogP contribution in [-0.2, 0) is 14.3 Å². The van der Waals surface area contributed by atoms with Crippen molar-refractivity contribution in [3.05, 3.63) is 80.3 Å². The zero-order valence-electron chi connectivity index (χ0n) is 13.7. The van der Waals surface area contributed by atoms with E-state index in [1.54, 1.807) is 24.3 Å². The highest BCUT2D eigenvalue weighted by Gasteiger charge is 2.22. The van der Waals surface area contributed by atoms with Crippen molar-refractivity contribution in [1.82, 2.24) is 5.32 Å². The number of halogens is 1. The monoisotopic (exact) mass is 418 g/mol. The first-order valence-corrected chi connectivity index (χ1v) is 8.26. The number of non-ortho nitro benzene ring substituents is 1. The second-order valence-electron chi connectivity index (χ2n) is 5.20. The van der Waals surface area contributed by atoms with Crippen LogP contribution in [0, 0.1) is 10.1 Å². The number of benzene rings is 2. The Hall–Kier alpha value is -3.00. The minimum Gasteiger partial charge on any atom is -0.467 e. The third kappa shape index (κ3) is 5.25. The molecule has 2 aromatic rings. The number of hydrogen-bond donors (Lipinski definition) is 1. The number of hydrogen-bond acceptors (Lipinski definition) is 5. The van der Waals surface area contributed by atoms with Gasteiger partial charge in [-0.1, -0.05) is 28.1 Å². The smallest absolute Gasteiger partial charge is 0.333 e. The topological polar surface area (TPSA) is 98.5 Å². The predicted octanol–water partition coefficient (Wildman–Crippen LogP) is 3.40. The van der Waals surface area contributed by atoms with Crippen LogP contribution >= 0.6 is 15.9 Å². The van der Waals surface area contributed by atoms with E-state index < -0.39 is 22.8 Å². The Balaban J connectivity index is 2.10. The van der Waals surface area contributed by atoms with E-state index in [1.165, 1.54) is 43.5 Å². The van der Waals surface area contributed by atoms with E-state index in [2.05, 4.69) is 21.2 Å². The fraction of sp³-hybridized carbons (Fsp3) is 0.111. The van der Waals surface area contributed by atoms with Gasteiger partial charge in [-0.25, -0.2) is 4.79 Å². The number of ether oxygens (including phenoxy) is 1. The molecule has 0 radical (unpaired) electrons. The highest BCUT2D eigenvalue weighted by atomic mass is 79.9. The van der Waals surface area contributed by atoms with Crippen molar-refractivity contribution in [1.29, 1.82) is 0 Å². The first kappa shape index (κ1) is 19.3. The van der Waals surface area contributed by atoms with Gasteiger partial charge in [0.05, 0.1) is 12.0 Å². The Morgan fingerprint density at radius 1 is 1.15 bits per heavy atom. The summed E-state index contributed by atoms with van der Waals surface area (Å²) in [6.45, 7) is 0. The average molecular weight is 419 g/mol. The number of amides is 1. The summed E-state index contributed by atoms with van der Waals surface area (Å²) in [4.78, 5) is 34.2. The molecule has 0 aromatic heterocycles. The van der Waals surface area contributed by atoms with Crippen molar-refractivity contribution in [2.45, 2.75) is 6.04 Å². The third-order valence-corrected chi connectivity index (χ3v) is 3.99. The lowest BCUT2D eigenvalue weighted by molar-refractivity contribution is -0.384. The molecule has 1 amide bonds. The summed E-state index contributed by atoms with van der Waals surface area (Å²) >= 11 is 3.31. The van der Waals surface area contributed by atoms with Crippen molar-refractivity contribution in [2.24, 2.45) is 0 Å². The van der Waals surface area contributed by atoms with Crippen LogP contribution in [0.1, 0.15) is 17.2 Å². The molecule has 1 unspecified atom stereocenters. The molecule has 0 fully saturated rings. The summed E-state index contributed by atoms with van der Waals surface area (Å²) in [6, 6.07) is 11.7. The molecule has 8 heteroatoms. The number of nitrogens with one attached hydrogen (secondary N) is 1. The van der Waals surface area contributed by atoms with Gasteiger partial charge in [0.2, 0.25) is 5.91 Å². The van der Waals surface area contributed by atoms with E-state index in [0.29, 0.717) is 11.1 Å². The molecule has 0 saturated heterocycles. The minimum absolute atomic E-state index is 0.0346. The van der Waals surface area contributed by atoms with Crippen molar-refractivity contribution >= 4 is 39.6 Å². The maximum Gasteiger partial charge on any atom is 0.333 e. The Labute approximate surface area is 157 Å². The van der Waals surface area contributed by atoms with Gasteiger partial charge in [-0.2, -0.15) is 0 Å². The van der Waals surface area contributed by atoms with Gasteiger partial charge < -0.3 is 10.1 Å². The van der Waals surface area contributed by atoms with Crippen LogP contribution in [-0.4, -0.2) is 23.9 Å². The van der Waals surface area contributed by atoms with Gasteiger partial charge in [0.15, 0.2) is 6.04 Å². The average Bonchev–Trinajstić information content (AvgIpc) is 2.65. The van der Waals surface area contributed by atoms with Gasteiger partial charge in [0, 0.05) is 22.7 Å². The van der Waals surface area contributed by atoms with Gasteiger partial charge in [-0.3, -0.25) is 14.9 Å². The van der Waals surface area contributed by atoms with E-state index >= 15 is 0 Å². The molecule has 0 aliphatic carbocycles. The fourth-order valence-electron chi connectivity index (χ4n) is 2.12. The Bertz CT molecular complexity index is 832. The summed E-state index contributed by atoms with van der Waals surface area (Å²) in [7, 11) is 1.24. The van der Waals surface area contributed by atoms with Crippen LogP contribution in [0.5, 0.6) is 0 Å². The summed E-state index contributed by atoms with van der Waals surface area (Å²) in [5.41, 5.74) is 1.16.